The summed E-state index contributed by atoms with van der Waals surface area (Å²) in [6.07, 6.45) is 1.61. The number of rotatable bonds is 8. The van der Waals surface area contributed by atoms with Crippen molar-refractivity contribution >= 4 is 18.0 Å². The molecule has 5 rings (SSSR count). The molecule has 0 aromatic heterocycles. The van der Waals surface area contributed by atoms with Crippen LogP contribution >= 0.6 is 0 Å². The Hall–Kier alpha value is -3.39. The van der Waals surface area contributed by atoms with Crippen molar-refractivity contribution in [2.45, 2.75) is 43.7 Å². The molecule has 2 aromatic rings. The molecule has 2 fully saturated rings. The predicted octanol–water partition coefficient (Wildman–Crippen LogP) is 2.89. The second-order valence-electron chi connectivity index (χ2n) is 9.82. The zero-order valence-corrected chi connectivity index (χ0v) is 19.4. The number of fused-ring (bicyclic) bond motifs is 4. The molecule has 35 heavy (non-hydrogen) atoms. The number of carbonyl (C=O) groups excluding carboxylic acids is 2. The third-order valence-electron chi connectivity index (χ3n) is 7.87. The first-order valence-corrected chi connectivity index (χ1v) is 12.2. The summed E-state index contributed by atoms with van der Waals surface area (Å²) in [4.78, 5) is 36.4. The zero-order chi connectivity index (χ0) is 24.5. The maximum atomic E-state index is 12.6. The number of aliphatic carboxylic acids is 1. The Bertz CT molecular complexity index is 1090. The van der Waals surface area contributed by atoms with Crippen LogP contribution in [-0.4, -0.2) is 53.5 Å². The van der Waals surface area contributed by atoms with Crippen molar-refractivity contribution in [2.75, 3.05) is 13.2 Å². The second kappa shape index (κ2) is 9.70. The molecule has 3 aliphatic carbocycles. The largest absolute Gasteiger partial charge is 0.480 e. The van der Waals surface area contributed by atoms with Gasteiger partial charge in [0.2, 0.25) is 5.91 Å². The van der Waals surface area contributed by atoms with Crippen molar-refractivity contribution in [3.05, 3.63) is 59.7 Å². The summed E-state index contributed by atoms with van der Waals surface area (Å²) in [6, 6.07) is 15.3. The highest BCUT2D eigenvalue weighted by atomic mass is 16.5. The van der Waals surface area contributed by atoms with Gasteiger partial charge in [0.05, 0.1) is 0 Å². The summed E-state index contributed by atoms with van der Waals surface area (Å²) in [5.74, 6) is -1.19. The van der Waals surface area contributed by atoms with Gasteiger partial charge in [0.25, 0.3) is 0 Å². The van der Waals surface area contributed by atoms with Crippen LogP contribution in [0.25, 0.3) is 11.1 Å². The summed E-state index contributed by atoms with van der Waals surface area (Å²) in [6.45, 7) is -0.0492. The second-order valence-corrected chi connectivity index (χ2v) is 9.82. The number of benzene rings is 2. The highest BCUT2D eigenvalue weighted by Crippen LogP contribution is 2.50. The number of hydrogen-bond donors (Lipinski definition) is 4. The molecule has 2 saturated carbocycles. The molecule has 0 spiro atoms. The van der Waals surface area contributed by atoms with Gasteiger partial charge in [-0.05, 0) is 53.4 Å². The number of carboxylic acid groups (broad SMARTS) is 1. The first kappa shape index (κ1) is 23.4. The lowest BCUT2D eigenvalue weighted by atomic mass is 9.71. The number of nitrogens with one attached hydrogen (secondary N) is 2. The van der Waals surface area contributed by atoms with Crippen LogP contribution in [0.4, 0.5) is 4.79 Å². The monoisotopic (exact) mass is 478 g/mol. The minimum absolute atomic E-state index is 0.00273. The normalized spacial score (nSPS) is 24.9. The molecule has 8 nitrogen and oxygen atoms in total. The third kappa shape index (κ3) is 4.50. The Morgan fingerprint density at radius 2 is 1.63 bits per heavy atom. The van der Waals surface area contributed by atoms with E-state index in [-0.39, 0.29) is 49.3 Å². The Balaban J connectivity index is 1.13. The van der Waals surface area contributed by atoms with Crippen LogP contribution in [0.2, 0.25) is 0 Å². The van der Waals surface area contributed by atoms with Gasteiger partial charge < -0.3 is 25.6 Å². The van der Waals surface area contributed by atoms with E-state index < -0.39 is 18.1 Å². The Morgan fingerprint density at radius 1 is 0.971 bits per heavy atom. The van der Waals surface area contributed by atoms with Gasteiger partial charge in [-0.2, -0.15) is 0 Å². The van der Waals surface area contributed by atoms with E-state index in [0.717, 1.165) is 17.5 Å². The molecule has 1 unspecified atom stereocenters. The molecule has 0 bridgehead atoms. The highest BCUT2D eigenvalue weighted by Gasteiger charge is 2.50. The molecule has 8 heteroatoms. The van der Waals surface area contributed by atoms with Crippen LogP contribution in [0.5, 0.6) is 0 Å². The maximum absolute atomic E-state index is 12.6. The van der Waals surface area contributed by atoms with E-state index in [4.69, 9.17) is 9.84 Å². The molecule has 2 amide bonds. The van der Waals surface area contributed by atoms with Gasteiger partial charge in [0.15, 0.2) is 0 Å². The molecule has 0 heterocycles. The van der Waals surface area contributed by atoms with E-state index in [0.29, 0.717) is 18.8 Å². The average molecular weight is 479 g/mol. The van der Waals surface area contributed by atoms with Gasteiger partial charge in [-0.1, -0.05) is 48.5 Å². The minimum atomic E-state index is -1.15. The van der Waals surface area contributed by atoms with Gasteiger partial charge >= 0.3 is 12.1 Å². The lowest BCUT2D eigenvalue weighted by Gasteiger charge is -2.40. The lowest BCUT2D eigenvalue weighted by Crippen LogP contribution is -2.50. The molecule has 3 aliphatic rings. The van der Waals surface area contributed by atoms with Crippen LogP contribution in [-0.2, 0) is 14.3 Å². The number of aliphatic hydroxyl groups is 1. The van der Waals surface area contributed by atoms with Crippen LogP contribution < -0.4 is 10.6 Å². The molecule has 0 radical (unpaired) electrons. The fraction of sp³-hybridized carbons (Fsp3) is 0.444. The number of ether oxygens (including phenoxy) is 1. The van der Waals surface area contributed by atoms with Crippen molar-refractivity contribution in [3.63, 3.8) is 0 Å². The highest BCUT2D eigenvalue weighted by molar-refractivity contribution is 5.85. The lowest BCUT2D eigenvalue weighted by molar-refractivity contribution is -0.142. The molecule has 0 saturated heterocycles. The van der Waals surface area contributed by atoms with Crippen molar-refractivity contribution < 1.29 is 29.3 Å². The summed E-state index contributed by atoms with van der Waals surface area (Å²) < 4.78 is 5.66. The number of carboxylic acids is 1. The first-order chi connectivity index (χ1) is 17.0. The van der Waals surface area contributed by atoms with Gasteiger partial charge in [-0.15, -0.1) is 0 Å². The smallest absolute Gasteiger partial charge is 0.407 e. The quantitative estimate of drug-likeness (QED) is 0.462. The summed E-state index contributed by atoms with van der Waals surface area (Å²) in [7, 11) is 0. The van der Waals surface area contributed by atoms with Gasteiger partial charge in [-0.25, -0.2) is 9.59 Å². The van der Waals surface area contributed by atoms with Crippen molar-refractivity contribution in [1.82, 2.24) is 10.6 Å². The van der Waals surface area contributed by atoms with E-state index in [9.17, 15) is 19.5 Å². The topological polar surface area (TPSA) is 125 Å². The SMILES string of the molecule is O=C(N[C@H]1C[C@H]2CC(C(=O)N[C@H](CCO)C(=O)O)C[C@H]21)OCC1c2ccccc2-c2ccccc21. The summed E-state index contributed by atoms with van der Waals surface area (Å²) in [5.41, 5.74) is 4.68. The molecule has 0 aliphatic heterocycles. The maximum Gasteiger partial charge on any atom is 0.407 e. The fourth-order valence-corrected chi connectivity index (χ4v) is 6.07. The average Bonchev–Trinajstić information content (AvgIpc) is 3.36. The molecular formula is C27H30N2O6. The number of carbonyl (C=O) groups is 3. The van der Waals surface area contributed by atoms with E-state index in [2.05, 4.69) is 34.9 Å². The Kier molecular flexibility index (Phi) is 6.47. The van der Waals surface area contributed by atoms with Crippen molar-refractivity contribution in [3.8, 4) is 11.1 Å². The van der Waals surface area contributed by atoms with E-state index in [1.54, 1.807) is 0 Å². The van der Waals surface area contributed by atoms with Crippen molar-refractivity contribution in [1.29, 1.82) is 0 Å². The number of amides is 2. The fourth-order valence-electron chi connectivity index (χ4n) is 6.07. The van der Waals surface area contributed by atoms with E-state index in [1.807, 2.05) is 24.3 Å². The molecule has 4 N–H and O–H groups in total. The molecular weight excluding hydrogens is 448 g/mol. The van der Waals surface area contributed by atoms with Gasteiger partial charge in [-0.3, -0.25) is 4.79 Å². The standard InChI is InChI=1S/C27H30N2O6/c30-10-9-23(26(32)33)28-25(31)16-11-15-13-24(21(15)12-16)29-27(34)35-14-22-19-7-3-1-5-17(19)18-6-2-4-8-20(18)22/h1-8,15-16,21-24,30H,9-14H2,(H,28,31)(H,29,34)(H,32,33)/t15-,16?,21-,23-,24+/m1/s1. The van der Waals surface area contributed by atoms with Crippen LogP contribution in [0.1, 0.15) is 42.7 Å². The summed E-state index contributed by atoms with van der Waals surface area (Å²) >= 11 is 0. The predicted molar refractivity (Wildman–Crippen MR) is 128 cm³/mol. The number of aliphatic hydroxyl groups excluding tert-OH is 1. The van der Waals surface area contributed by atoms with E-state index in [1.165, 1.54) is 11.1 Å². The van der Waals surface area contributed by atoms with Gasteiger partial charge in [0, 0.05) is 30.9 Å². The Labute approximate surface area is 203 Å². The zero-order valence-electron chi connectivity index (χ0n) is 19.4. The number of hydrogen-bond acceptors (Lipinski definition) is 5. The Morgan fingerprint density at radius 3 is 2.26 bits per heavy atom. The first-order valence-electron chi connectivity index (χ1n) is 12.2. The number of alkyl carbamates (subject to hydrolysis) is 1. The summed E-state index contributed by atoms with van der Waals surface area (Å²) in [5, 5.41) is 23.7. The molecule has 5 atom stereocenters. The molecule has 2 aromatic carbocycles. The van der Waals surface area contributed by atoms with Crippen molar-refractivity contribution in [2.24, 2.45) is 17.8 Å². The van der Waals surface area contributed by atoms with E-state index >= 15 is 0 Å². The van der Waals surface area contributed by atoms with Crippen LogP contribution in [0.15, 0.2) is 48.5 Å². The molecule has 184 valence electrons. The van der Waals surface area contributed by atoms with Crippen LogP contribution in [0.3, 0.4) is 0 Å². The van der Waals surface area contributed by atoms with Crippen LogP contribution in [0, 0.1) is 17.8 Å². The minimum Gasteiger partial charge on any atom is -0.480 e. The third-order valence-corrected chi connectivity index (χ3v) is 7.87. The van der Waals surface area contributed by atoms with Gasteiger partial charge in [0.1, 0.15) is 12.6 Å².